The van der Waals surface area contributed by atoms with Crippen molar-refractivity contribution in [1.82, 2.24) is 4.72 Å². The number of rotatable bonds is 4. The van der Waals surface area contributed by atoms with Crippen LogP contribution in [0.3, 0.4) is 0 Å². The van der Waals surface area contributed by atoms with E-state index in [1.807, 2.05) is 13.8 Å². The van der Waals surface area contributed by atoms with Crippen molar-refractivity contribution in [2.45, 2.75) is 31.7 Å². The summed E-state index contributed by atoms with van der Waals surface area (Å²) in [5, 5.41) is 0. The third-order valence-corrected chi connectivity index (χ3v) is 4.21. The zero-order chi connectivity index (χ0) is 13.9. The van der Waals surface area contributed by atoms with E-state index in [9.17, 15) is 8.42 Å². The maximum Gasteiger partial charge on any atom is 0.242 e. The Morgan fingerprint density at radius 1 is 1.39 bits per heavy atom. The van der Waals surface area contributed by atoms with Crippen molar-refractivity contribution in [3.8, 4) is 12.3 Å². The van der Waals surface area contributed by atoms with E-state index in [2.05, 4.69) is 10.6 Å². The summed E-state index contributed by atoms with van der Waals surface area (Å²) < 4.78 is 26.9. The molecule has 18 heavy (non-hydrogen) atoms. The van der Waals surface area contributed by atoms with Crippen molar-refractivity contribution in [3.05, 3.63) is 23.8 Å². The number of terminal acetylenes is 1. The standard InChI is InChI=1S/C13H18N2O2S/c1-5-12(9(2)3)15-18(16,17)13-8-11(14)7-6-10(13)4/h1,6-9,12,15H,14H2,2-4H3. The molecule has 0 aliphatic heterocycles. The zero-order valence-corrected chi connectivity index (χ0v) is 11.6. The predicted octanol–water partition coefficient (Wildman–Crippen LogP) is 1.51. The van der Waals surface area contributed by atoms with Crippen LogP contribution in [0, 0.1) is 25.2 Å². The maximum absolute atomic E-state index is 12.2. The number of nitrogen functional groups attached to an aromatic ring is 1. The van der Waals surface area contributed by atoms with Gasteiger partial charge in [-0.05, 0) is 30.5 Å². The summed E-state index contributed by atoms with van der Waals surface area (Å²) in [5.74, 6) is 2.46. The Kier molecular flexibility index (Phi) is 4.38. The summed E-state index contributed by atoms with van der Waals surface area (Å²) >= 11 is 0. The molecule has 0 saturated heterocycles. The van der Waals surface area contributed by atoms with Crippen LogP contribution in [0.5, 0.6) is 0 Å². The van der Waals surface area contributed by atoms with Crippen LogP contribution in [0.25, 0.3) is 0 Å². The minimum absolute atomic E-state index is 0.0196. The van der Waals surface area contributed by atoms with Crippen molar-refractivity contribution < 1.29 is 8.42 Å². The smallest absolute Gasteiger partial charge is 0.242 e. The molecular weight excluding hydrogens is 248 g/mol. The molecule has 0 radical (unpaired) electrons. The van der Waals surface area contributed by atoms with Crippen molar-refractivity contribution in [2.24, 2.45) is 5.92 Å². The van der Waals surface area contributed by atoms with E-state index >= 15 is 0 Å². The molecule has 0 fully saturated rings. The van der Waals surface area contributed by atoms with Crippen molar-refractivity contribution in [3.63, 3.8) is 0 Å². The molecular formula is C13H18N2O2S. The molecule has 5 heteroatoms. The molecule has 1 aromatic carbocycles. The number of aryl methyl sites for hydroxylation is 1. The summed E-state index contributed by atoms with van der Waals surface area (Å²) in [5.41, 5.74) is 6.66. The second-order valence-electron chi connectivity index (χ2n) is 4.53. The van der Waals surface area contributed by atoms with Crippen molar-refractivity contribution in [2.75, 3.05) is 5.73 Å². The molecule has 0 saturated carbocycles. The lowest BCUT2D eigenvalue weighted by atomic mass is 10.1. The monoisotopic (exact) mass is 266 g/mol. The Balaban J connectivity index is 3.15. The zero-order valence-electron chi connectivity index (χ0n) is 10.8. The molecule has 0 bridgehead atoms. The fraction of sp³-hybridized carbons (Fsp3) is 0.385. The fourth-order valence-electron chi connectivity index (χ4n) is 1.50. The molecule has 0 spiro atoms. The topological polar surface area (TPSA) is 72.2 Å². The van der Waals surface area contributed by atoms with Crippen LogP contribution in [-0.4, -0.2) is 14.5 Å². The summed E-state index contributed by atoms with van der Waals surface area (Å²) in [4.78, 5) is 0.170. The largest absolute Gasteiger partial charge is 0.399 e. The molecule has 0 amide bonds. The van der Waals surface area contributed by atoms with Crippen molar-refractivity contribution >= 4 is 15.7 Å². The molecule has 0 heterocycles. The van der Waals surface area contributed by atoms with Gasteiger partial charge in [-0.2, -0.15) is 4.72 Å². The van der Waals surface area contributed by atoms with Gasteiger partial charge in [-0.15, -0.1) is 6.42 Å². The van der Waals surface area contributed by atoms with Gasteiger partial charge in [-0.3, -0.25) is 0 Å². The van der Waals surface area contributed by atoms with Crippen molar-refractivity contribution in [1.29, 1.82) is 0 Å². The van der Waals surface area contributed by atoms with E-state index in [4.69, 9.17) is 12.2 Å². The average molecular weight is 266 g/mol. The van der Waals surface area contributed by atoms with E-state index in [1.54, 1.807) is 19.1 Å². The Morgan fingerprint density at radius 3 is 2.50 bits per heavy atom. The minimum Gasteiger partial charge on any atom is -0.399 e. The molecule has 0 aliphatic carbocycles. The van der Waals surface area contributed by atoms with Crippen LogP contribution in [0.15, 0.2) is 23.1 Å². The van der Waals surface area contributed by atoms with Gasteiger partial charge in [0.05, 0.1) is 10.9 Å². The first kappa shape index (κ1) is 14.6. The highest BCUT2D eigenvalue weighted by Gasteiger charge is 2.22. The van der Waals surface area contributed by atoms with E-state index in [0.29, 0.717) is 11.3 Å². The second-order valence-corrected chi connectivity index (χ2v) is 6.22. The number of nitrogens with two attached hydrogens (primary N) is 1. The van der Waals surface area contributed by atoms with E-state index < -0.39 is 16.1 Å². The predicted molar refractivity (Wildman–Crippen MR) is 73.4 cm³/mol. The minimum atomic E-state index is -3.64. The molecule has 4 nitrogen and oxygen atoms in total. The number of nitrogens with one attached hydrogen (secondary N) is 1. The molecule has 98 valence electrons. The van der Waals surface area contributed by atoms with Gasteiger partial charge < -0.3 is 5.73 Å². The fourth-order valence-corrected chi connectivity index (χ4v) is 3.08. The second kappa shape index (κ2) is 5.42. The SMILES string of the molecule is C#CC(NS(=O)(=O)c1cc(N)ccc1C)C(C)C. The molecule has 1 unspecified atom stereocenters. The number of hydrogen-bond donors (Lipinski definition) is 2. The lowest BCUT2D eigenvalue weighted by molar-refractivity contribution is 0.518. The summed E-state index contributed by atoms with van der Waals surface area (Å²) in [6.07, 6.45) is 5.33. The van der Waals surface area contributed by atoms with Crippen LogP contribution in [0.2, 0.25) is 0 Å². The molecule has 3 N–H and O–H groups in total. The Morgan fingerprint density at radius 2 is 2.00 bits per heavy atom. The van der Waals surface area contributed by atoms with Crippen LogP contribution in [-0.2, 0) is 10.0 Å². The molecule has 1 rings (SSSR count). The molecule has 0 aromatic heterocycles. The summed E-state index contributed by atoms with van der Waals surface area (Å²) in [6, 6.07) is 4.24. The average Bonchev–Trinajstić information content (AvgIpc) is 2.28. The third-order valence-electron chi connectivity index (χ3n) is 2.63. The van der Waals surface area contributed by atoms with Gasteiger partial charge in [-0.25, -0.2) is 8.42 Å². The Hall–Kier alpha value is -1.51. The summed E-state index contributed by atoms with van der Waals surface area (Å²) in [7, 11) is -3.64. The molecule has 0 aliphatic rings. The van der Waals surface area contributed by atoms with E-state index in [1.165, 1.54) is 6.07 Å². The van der Waals surface area contributed by atoms with Gasteiger partial charge in [0, 0.05) is 5.69 Å². The first-order chi connectivity index (χ1) is 8.27. The summed E-state index contributed by atoms with van der Waals surface area (Å²) in [6.45, 7) is 5.44. The van der Waals surface area contributed by atoms with E-state index in [-0.39, 0.29) is 10.8 Å². The molecule has 1 atom stereocenters. The van der Waals surface area contributed by atoms with E-state index in [0.717, 1.165) is 0 Å². The first-order valence-corrected chi connectivity index (χ1v) is 7.11. The van der Waals surface area contributed by atoms with Gasteiger partial charge in [0.25, 0.3) is 0 Å². The number of benzene rings is 1. The van der Waals surface area contributed by atoms with Crippen LogP contribution in [0.1, 0.15) is 19.4 Å². The normalized spacial score (nSPS) is 13.3. The molecule has 1 aromatic rings. The first-order valence-electron chi connectivity index (χ1n) is 5.62. The Bertz CT molecular complexity index is 571. The maximum atomic E-state index is 12.2. The van der Waals surface area contributed by atoms with Gasteiger partial charge in [0.15, 0.2) is 0 Å². The van der Waals surface area contributed by atoms with Gasteiger partial charge in [-0.1, -0.05) is 25.8 Å². The third kappa shape index (κ3) is 3.25. The highest BCUT2D eigenvalue weighted by molar-refractivity contribution is 7.89. The van der Waals surface area contributed by atoms with Gasteiger partial charge >= 0.3 is 0 Å². The lowest BCUT2D eigenvalue weighted by Gasteiger charge is -2.17. The van der Waals surface area contributed by atoms with Gasteiger partial charge in [0.2, 0.25) is 10.0 Å². The van der Waals surface area contributed by atoms with Crippen LogP contribution < -0.4 is 10.5 Å². The number of hydrogen-bond acceptors (Lipinski definition) is 3. The Labute approximate surface area is 109 Å². The van der Waals surface area contributed by atoms with Crippen LogP contribution >= 0.6 is 0 Å². The number of sulfonamides is 1. The highest BCUT2D eigenvalue weighted by atomic mass is 32.2. The quantitative estimate of drug-likeness (QED) is 0.641. The number of anilines is 1. The highest BCUT2D eigenvalue weighted by Crippen LogP contribution is 2.19. The van der Waals surface area contributed by atoms with Gasteiger partial charge in [0.1, 0.15) is 0 Å². The lowest BCUT2D eigenvalue weighted by Crippen LogP contribution is -2.37. The van der Waals surface area contributed by atoms with Crippen LogP contribution in [0.4, 0.5) is 5.69 Å².